The van der Waals surface area contributed by atoms with Crippen LogP contribution >= 0.6 is 0 Å². The highest BCUT2D eigenvalue weighted by Crippen LogP contribution is 2.35. The zero-order valence-corrected chi connectivity index (χ0v) is 13.9. The molecule has 0 saturated heterocycles. The second-order valence-corrected chi connectivity index (χ2v) is 8.13. The van der Waals surface area contributed by atoms with Gasteiger partial charge in [-0.25, -0.2) is 12.8 Å². The van der Waals surface area contributed by atoms with E-state index in [0.717, 1.165) is 30.6 Å². The smallest absolute Gasteiger partial charge is 0.243 e. The molecule has 0 atom stereocenters. The highest BCUT2D eigenvalue weighted by atomic mass is 32.2. The standard InChI is InChI=1S/C18H18FNO3S/c19-17-4-2-1-3-14(17)12-20(15-5-6-15)24(21,22)16-7-8-18-13(11-16)9-10-23-18/h1-4,7-8,11,15H,5-6,9-10,12H2. The molecular weight excluding hydrogens is 329 g/mol. The van der Waals surface area contributed by atoms with Crippen molar-refractivity contribution in [2.75, 3.05) is 6.61 Å². The second-order valence-electron chi connectivity index (χ2n) is 6.24. The zero-order valence-electron chi connectivity index (χ0n) is 13.1. The molecule has 2 aromatic rings. The number of rotatable bonds is 5. The fourth-order valence-corrected chi connectivity index (χ4v) is 4.74. The molecule has 4 rings (SSSR count). The molecule has 0 N–H and O–H groups in total. The maximum absolute atomic E-state index is 14.0. The number of hydrogen-bond acceptors (Lipinski definition) is 3. The molecule has 0 bridgehead atoms. The van der Waals surface area contributed by atoms with Gasteiger partial charge in [0.15, 0.2) is 0 Å². The van der Waals surface area contributed by atoms with Gasteiger partial charge in [0, 0.05) is 24.6 Å². The van der Waals surface area contributed by atoms with Gasteiger partial charge in [0.05, 0.1) is 11.5 Å². The SMILES string of the molecule is O=S(=O)(c1ccc2c(c1)CCO2)N(Cc1ccccc1F)C1CC1. The maximum Gasteiger partial charge on any atom is 0.243 e. The van der Waals surface area contributed by atoms with E-state index in [1.165, 1.54) is 10.4 Å². The summed E-state index contributed by atoms with van der Waals surface area (Å²) in [5.41, 5.74) is 1.31. The zero-order chi connectivity index (χ0) is 16.7. The topological polar surface area (TPSA) is 46.6 Å². The Bertz CT molecular complexity index is 878. The summed E-state index contributed by atoms with van der Waals surface area (Å²) in [7, 11) is -3.66. The van der Waals surface area contributed by atoms with Crippen LogP contribution in [0.4, 0.5) is 4.39 Å². The fraction of sp³-hybridized carbons (Fsp3) is 0.333. The van der Waals surface area contributed by atoms with Gasteiger partial charge in [-0.05, 0) is 42.7 Å². The van der Waals surface area contributed by atoms with Crippen molar-refractivity contribution in [1.29, 1.82) is 0 Å². The highest BCUT2D eigenvalue weighted by Gasteiger charge is 2.38. The number of fused-ring (bicyclic) bond motifs is 1. The monoisotopic (exact) mass is 347 g/mol. The Morgan fingerprint density at radius 2 is 1.96 bits per heavy atom. The molecule has 1 fully saturated rings. The lowest BCUT2D eigenvalue weighted by atomic mass is 10.2. The van der Waals surface area contributed by atoms with Gasteiger partial charge in [-0.2, -0.15) is 4.31 Å². The fourth-order valence-electron chi connectivity index (χ4n) is 3.03. The summed E-state index contributed by atoms with van der Waals surface area (Å²) < 4.78 is 47.0. The summed E-state index contributed by atoms with van der Waals surface area (Å²) in [4.78, 5) is 0.259. The van der Waals surface area contributed by atoms with Crippen LogP contribution < -0.4 is 4.74 Å². The van der Waals surface area contributed by atoms with Gasteiger partial charge in [-0.15, -0.1) is 0 Å². The molecule has 4 nitrogen and oxygen atoms in total. The minimum Gasteiger partial charge on any atom is -0.493 e. The molecule has 0 amide bonds. The molecule has 1 aliphatic heterocycles. The van der Waals surface area contributed by atoms with Crippen molar-refractivity contribution in [3.63, 3.8) is 0 Å². The van der Waals surface area contributed by atoms with Crippen LogP contribution in [0.1, 0.15) is 24.0 Å². The van der Waals surface area contributed by atoms with Crippen molar-refractivity contribution in [2.24, 2.45) is 0 Å². The van der Waals surface area contributed by atoms with E-state index in [0.29, 0.717) is 12.2 Å². The summed E-state index contributed by atoms with van der Waals surface area (Å²) in [6, 6.07) is 11.3. The molecule has 0 spiro atoms. The number of halogens is 1. The van der Waals surface area contributed by atoms with Gasteiger partial charge in [-0.1, -0.05) is 18.2 Å². The van der Waals surface area contributed by atoms with Gasteiger partial charge in [0.25, 0.3) is 0 Å². The number of hydrogen-bond donors (Lipinski definition) is 0. The first-order valence-corrected chi connectivity index (χ1v) is 9.51. The molecule has 2 aliphatic rings. The average molecular weight is 347 g/mol. The lowest BCUT2D eigenvalue weighted by Gasteiger charge is -2.22. The molecule has 1 aliphatic carbocycles. The minimum absolute atomic E-state index is 0.0425. The number of ether oxygens (including phenoxy) is 1. The van der Waals surface area contributed by atoms with E-state index in [1.807, 2.05) is 0 Å². The van der Waals surface area contributed by atoms with Crippen LogP contribution in [0.2, 0.25) is 0 Å². The lowest BCUT2D eigenvalue weighted by molar-refractivity contribution is 0.356. The van der Waals surface area contributed by atoms with Crippen LogP contribution in [0.3, 0.4) is 0 Å². The predicted octanol–water partition coefficient (Wildman–Crippen LogP) is 3.11. The molecule has 2 aromatic carbocycles. The predicted molar refractivity (Wildman–Crippen MR) is 87.8 cm³/mol. The molecule has 1 saturated carbocycles. The van der Waals surface area contributed by atoms with Gasteiger partial charge in [0.2, 0.25) is 10.0 Å². The molecule has 24 heavy (non-hydrogen) atoms. The highest BCUT2D eigenvalue weighted by molar-refractivity contribution is 7.89. The van der Waals surface area contributed by atoms with Crippen LogP contribution in [-0.4, -0.2) is 25.4 Å². The Morgan fingerprint density at radius 3 is 2.71 bits per heavy atom. The third-order valence-electron chi connectivity index (χ3n) is 4.51. The number of nitrogens with zero attached hydrogens (tertiary/aromatic N) is 1. The second kappa shape index (κ2) is 5.86. The maximum atomic E-state index is 14.0. The van der Waals surface area contributed by atoms with Crippen molar-refractivity contribution in [2.45, 2.75) is 36.7 Å². The van der Waals surface area contributed by atoms with Gasteiger partial charge >= 0.3 is 0 Å². The first-order chi connectivity index (χ1) is 11.6. The molecule has 0 radical (unpaired) electrons. The van der Waals surface area contributed by atoms with E-state index < -0.39 is 10.0 Å². The quantitative estimate of drug-likeness (QED) is 0.835. The first kappa shape index (κ1) is 15.6. The molecule has 1 heterocycles. The van der Waals surface area contributed by atoms with E-state index >= 15 is 0 Å². The largest absolute Gasteiger partial charge is 0.493 e. The van der Waals surface area contributed by atoms with E-state index in [1.54, 1.807) is 36.4 Å². The van der Waals surface area contributed by atoms with E-state index in [4.69, 9.17) is 4.74 Å². The summed E-state index contributed by atoms with van der Waals surface area (Å²) in [6.45, 7) is 0.646. The summed E-state index contributed by atoms with van der Waals surface area (Å²) in [5.74, 6) is 0.377. The van der Waals surface area contributed by atoms with Crippen LogP contribution in [0, 0.1) is 5.82 Å². The van der Waals surface area contributed by atoms with Crippen LogP contribution in [0.25, 0.3) is 0 Å². The van der Waals surface area contributed by atoms with E-state index in [2.05, 4.69) is 0 Å². The summed E-state index contributed by atoms with van der Waals surface area (Å²) in [5, 5.41) is 0. The molecular formula is C18H18FNO3S. The van der Waals surface area contributed by atoms with Crippen LogP contribution in [0.5, 0.6) is 5.75 Å². The first-order valence-electron chi connectivity index (χ1n) is 8.07. The minimum atomic E-state index is -3.66. The summed E-state index contributed by atoms with van der Waals surface area (Å²) >= 11 is 0. The number of benzene rings is 2. The van der Waals surface area contributed by atoms with Gasteiger partial charge in [0.1, 0.15) is 11.6 Å². The van der Waals surface area contributed by atoms with Crippen molar-refractivity contribution in [3.8, 4) is 5.75 Å². The Kier molecular flexibility index (Phi) is 3.81. The normalized spacial score (nSPS) is 16.9. The van der Waals surface area contributed by atoms with E-state index in [9.17, 15) is 12.8 Å². The third-order valence-corrected chi connectivity index (χ3v) is 6.40. The third kappa shape index (κ3) is 2.80. The molecule has 0 unspecified atom stereocenters. The van der Waals surface area contributed by atoms with Gasteiger partial charge in [-0.3, -0.25) is 0 Å². The Balaban J connectivity index is 1.69. The molecule has 126 valence electrons. The summed E-state index contributed by atoms with van der Waals surface area (Å²) in [6.07, 6.45) is 2.36. The van der Waals surface area contributed by atoms with E-state index in [-0.39, 0.29) is 23.3 Å². The van der Waals surface area contributed by atoms with Crippen LogP contribution in [-0.2, 0) is 23.0 Å². The van der Waals surface area contributed by atoms with Crippen molar-refractivity contribution in [3.05, 3.63) is 59.4 Å². The lowest BCUT2D eigenvalue weighted by Crippen LogP contribution is -2.33. The van der Waals surface area contributed by atoms with Crippen molar-refractivity contribution >= 4 is 10.0 Å². The Hall–Kier alpha value is -1.92. The number of sulfonamides is 1. The van der Waals surface area contributed by atoms with Crippen LogP contribution in [0.15, 0.2) is 47.4 Å². The Labute approximate surface area is 140 Å². The van der Waals surface area contributed by atoms with Crippen molar-refractivity contribution < 1.29 is 17.5 Å². The molecule has 6 heteroatoms. The van der Waals surface area contributed by atoms with Crippen molar-refractivity contribution in [1.82, 2.24) is 4.31 Å². The Morgan fingerprint density at radius 1 is 1.17 bits per heavy atom. The average Bonchev–Trinajstić information content (AvgIpc) is 3.29. The van der Waals surface area contributed by atoms with Gasteiger partial charge < -0.3 is 4.74 Å². The molecule has 0 aromatic heterocycles.